The molecule has 0 saturated carbocycles. The summed E-state index contributed by atoms with van der Waals surface area (Å²) < 4.78 is 6.21. The third-order valence-electron chi connectivity index (χ3n) is 2.84. The summed E-state index contributed by atoms with van der Waals surface area (Å²) in [5, 5.41) is 6.88. The number of carbonyl (C=O) groups excluding carboxylic acids is 1. The number of amides is 1. The molecule has 1 rings (SSSR count). The molecule has 0 aliphatic heterocycles. The molecule has 2 N–H and O–H groups in total. The smallest absolute Gasteiger partial charge is 0.407 e. The van der Waals surface area contributed by atoms with E-state index >= 15 is 0 Å². The van der Waals surface area contributed by atoms with E-state index in [1.54, 1.807) is 0 Å². The van der Waals surface area contributed by atoms with Crippen molar-refractivity contribution >= 4 is 33.6 Å². The van der Waals surface area contributed by atoms with Crippen molar-refractivity contribution in [2.45, 2.75) is 52.3 Å². The van der Waals surface area contributed by atoms with Gasteiger partial charge >= 0.3 is 6.09 Å². The molecule has 124 valence electrons. The van der Waals surface area contributed by atoms with E-state index in [4.69, 9.17) is 16.3 Å². The van der Waals surface area contributed by atoms with Crippen LogP contribution in [-0.4, -0.2) is 23.8 Å². The average Bonchev–Trinajstić information content (AvgIpc) is 2.36. The fraction of sp³-hybridized carbons (Fsp3) is 0.562. The van der Waals surface area contributed by atoms with Crippen molar-refractivity contribution in [3.05, 3.63) is 33.3 Å². The first-order valence-electron chi connectivity index (χ1n) is 7.14. The number of ether oxygens (including phenoxy) is 1. The molecule has 0 radical (unpaired) electrons. The van der Waals surface area contributed by atoms with Gasteiger partial charge in [0.05, 0.1) is 0 Å². The minimum absolute atomic E-state index is 0.289. The Balaban J connectivity index is 2.50. The maximum atomic E-state index is 11.7. The van der Waals surface area contributed by atoms with Crippen molar-refractivity contribution in [1.29, 1.82) is 0 Å². The Morgan fingerprint density at radius 3 is 2.50 bits per heavy atom. The lowest BCUT2D eigenvalue weighted by molar-refractivity contribution is 0.0513. The van der Waals surface area contributed by atoms with E-state index in [2.05, 4.69) is 26.6 Å². The Kier molecular flexibility index (Phi) is 6.71. The quantitative estimate of drug-likeness (QED) is 0.777. The summed E-state index contributed by atoms with van der Waals surface area (Å²) in [6, 6.07) is 5.74. The number of benzene rings is 1. The predicted molar refractivity (Wildman–Crippen MR) is 94.3 cm³/mol. The van der Waals surface area contributed by atoms with E-state index in [-0.39, 0.29) is 5.54 Å². The standard InChI is InChI=1S/C16H24BrClN2O2/c1-15(2,3)22-14(21)19-10-16(4,5)20-9-11-8-12(17)6-7-13(11)18/h6-8,20H,9-10H2,1-5H3,(H,19,21). The van der Waals surface area contributed by atoms with Gasteiger partial charge in [0.2, 0.25) is 0 Å². The van der Waals surface area contributed by atoms with Crippen LogP contribution < -0.4 is 10.6 Å². The van der Waals surface area contributed by atoms with Gasteiger partial charge in [-0.1, -0.05) is 27.5 Å². The van der Waals surface area contributed by atoms with Crippen LogP contribution in [0.25, 0.3) is 0 Å². The zero-order valence-corrected chi connectivity index (χ0v) is 16.1. The second-order valence-electron chi connectivity index (χ2n) is 6.83. The molecule has 0 atom stereocenters. The van der Waals surface area contributed by atoms with E-state index < -0.39 is 11.7 Å². The molecule has 0 aromatic heterocycles. The van der Waals surface area contributed by atoms with Crippen LogP contribution in [0.5, 0.6) is 0 Å². The highest BCUT2D eigenvalue weighted by atomic mass is 79.9. The first-order valence-corrected chi connectivity index (χ1v) is 8.31. The average molecular weight is 392 g/mol. The minimum Gasteiger partial charge on any atom is -0.444 e. The van der Waals surface area contributed by atoms with E-state index in [1.165, 1.54) is 0 Å². The number of alkyl carbamates (subject to hydrolysis) is 1. The summed E-state index contributed by atoms with van der Waals surface area (Å²) >= 11 is 9.61. The van der Waals surface area contributed by atoms with Gasteiger partial charge in [-0.05, 0) is 58.4 Å². The van der Waals surface area contributed by atoms with E-state index in [0.29, 0.717) is 18.1 Å². The van der Waals surface area contributed by atoms with Crippen molar-refractivity contribution in [2.24, 2.45) is 0 Å². The molecule has 0 bridgehead atoms. The topological polar surface area (TPSA) is 50.4 Å². The van der Waals surface area contributed by atoms with Crippen molar-refractivity contribution in [3.8, 4) is 0 Å². The molecule has 22 heavy (non-hydrogen) atoms. The summed E-state index contributed by atoms with van der Waals surface area (Å²) in [5.74, 6) is 0. The van der Waals surface area contributed by atoms with Gasteiger partial charge < -0.3 is 15.4 Å². The Hall–Kier alpha value is -0.780. The van der Waals surface area contributed by atoms with Crippen LogP contribution in [0.15, 0.2) is 22.7 Å². The number of hydrogen-bond acceptors (Lipinski definition) is 3. The first kappa shape index (κ1) is 19.3. The lowest BCUT2D eigenvalue weighted by atomic mass is 10.1. The molecule has 0 spiro atoms. The Labute approximate surface area is 146 Å². The van der Waals surface area contributed by atoms with Crippen LogP contribution in [0.2, 0.25) is 5.02 Å². The summed E-state index contributed by atoms with van der Waals surface area (Å²) in [7, 11) is 0. The van der Waals surface area contributed by atoms with Crippen molar-refractivity contribution < 1.29 is 9.53 Å². The Morgan fingerprint density at radius 2 is 1.91 bits per heavy atom. The zero-order valence-electron chi connectivity index (χ0n) is 13.7. The number of nitrogens with one attached hydrogen (secondary N) is 2. The maximum absolute atomic E-state index is 11.7. The SMILES string of the molecule is CC(C)(CNC(=O)OC(C)(C)C)NCc1cc(Br)ccc1Cl. The molecule has 0 aliphatic rings. The van der Waals surface area contributed by atoms with Gasteiger partial charge in [0, 0.05) is 28.1 Å². The van der Waals surface area contributed by atoms with Crippen LogP contribution in [0.4, 0.5) is 4.79 Å². The predicted octanol–water partition coefficient (Wildman–Crippen LogP) is 4.50. The van der Waals surface area contributed by atoms with Crippen LogP contribution >= 0.6 is 27.5 Å². The molecular weight excluding hydrogens is 368 g/mol. The molecule has 0 fully saturated rings. The van der Waals surface area contributed by atoms with Crippen LogP contribution in [0.3, 0.4) is 0 Å². The largest absolute Gasteiger partial charge is 0.444 e. The number of halogens is 2. The summed E-state index contributed by atoms with van der Waals surface area (Å²) in [6.45, 7) is 10.6. The normalized spacial score (nSPS) is 12.1. The van der Waals surface area contributed by atoms with E-state index in [0.717, 1.165) is 10.0 Å². The van der Waals surface area contributed by atoms with Gasteiger partial charge in [-0.3, -0.25) is 0 Å². The summed E-state index contributed by atoms with van der Waals surface area (Å²) in [5.41, 5.74) is 0.218. The second-order valence-corrected chi connectivity index (χ2v) is 8.15. The Morgan fingerprint density at radius 1 is 1.27 bits per heavy atom. The molecule has 6 heteroatoms. The van der Waals surface area contributed by atoms with Gasteiger partial charge in [0.25, 0.3) is 0 Å². The lowest BCUT2D eigenvalue weighted by Crippen LogP contribution is -2.49. The molecule has 0 heterocycles. The van der Waals surface area contributed by atoms with Crippen molar-refractivity contribution in [3.63, 3.8) is 0 Å². The molecule has 0 saturated heterocycles. The molecular formula is C16H24BrClN2O2. The first-order chi connectivity index (χ1) is 9.98. The highest BCUT2D eigenvalue weighted by Crippen LogP contribution is 2.21. The number of hydrogen-bond donors (Lipinski definition) is 2. The molecule has 1 amide bonds. The second kappa shape index (κ2) is 7.66. The monoisotopic (exact) mass is 390 g/mol. The van der Waals surface area contributed by atoms with Gasteiger partial charge in [-0.15, -0.1) is 0 Å². The highest BCUT2D eigenvalue weighted by Gasteiger charge is 2.21. The number of carbonyl (C=O) groups is 1. The van der Waals surface area contributed by atoms with Gasteiger partial charge in [-0.25, -0.2) is 4.79 Å². The van der Waals surface area contributed by atoms with Crippen molar-refractivity contribution in [2.75, 3.05) is 6.54 Å². The third-order valence-corrected chi connectivity index (χ3v) is 3.70. The fourth-order valence-corrected chi connectivity index (χ4v) is 2.28. The van der Waals surface area contributed by atoms with Gasteiger partial charge in [0.1, 0.15) is 5.60 Å². The molecule has 1 aromatic rings. The molecule has 0 aliphatic carbocycles. The van der Waals surface area contributed by atoms with Crippen molar-refractivity contribution in [1.82, 2.24) is 10.6 Å². The van der Waals surface area contributed by atoms with Crippen LogP contribution in [0, 0.1) is 0 Å². The maximum Gasteiger partial charge on any atom is 0.407 e. The number of rotatable bonds is 5. The Bertz CT molecular complexity index is 527. The third kappa shape index (κ3) is 7.47. The summed E-state index contributed by atoms with van der Waals surface area (Å²) in [4.78, 5) is 11.7. The van der Waals surface area contributed by atoms with Crippen LogP contribution in [0.1, 0.15) is 40.2 Å². The van der Waals surface area contributed by atoms with E-state index in [1.807, 2.05) is 52.8 Å². The molecule has 0 unspecified atom stereocenters. The van der Waals surface area contributed by atoms with Crippen LogP contribution in [-0.2, 0) is 11.3 Å². The lowest BCUT2D eigenvalue weighted by Gasteiger charge is -2.28. The van der Waals surface area contributed by atoms with E-state index in [9.17, 15) is 4.79 Å². The zero-order chi connectivity index (χ0) is 17.0. The molecule has 1 aromatic carbocycles. The highest BCUT2D eigenvalue weighted by molar-refractivity contribution is 9.10. The fourth-order valence-electron chi connectivity index (χ4n) is 1.68. The van der Waals surface area contributed by atoms with Gasteiger partial charge in [0.15, 0.2) is 0 Å². The summed E-state index contributed by atoms with van der Waals surface area (Å²) in [6.07, 6.45) is -0.414. The minimum atomic E-state index is -0.495. The molecule has 4 nitrogen and oxygen atoms in total. The van der Waals surface area contributed by atoms with Gasteiger partial charge in [-0.2, -0.15) is 0 Å².